The summed E-state index contributed by atoms with van der Waals surface area (Å²) in [6, 6.07) is 3.47. The molecule has 19 heavy (non-hydrogen) atoms. The maximum Gasteiger partial charge on any atom is 0.261 e. The molecule has 1 aromatic rings. The average molecular weight is 282 g/mol. The lowest BCUT2D eigenvalue weighted by atomic mass is 9.64. The molecular weight excluding hydrogens is 264 g/mol. The lowest BCUT2D eigenvalue weighted by Crippen LogP contribution is -2.62. The van der Waals surface area contributed by atoms with E-state index in [2.05, 4.69) is 10.6 Å². The average Bonchev–Trinajstić information content (AvgIpc) is 2.89. The Bertz CT molecular complexity index is 470. The van der Waals surface area contributed by atoms with Gasteiger partial charge in [0.05, 0.1) is 17.5 Å². The van der Waals surface area contributed by atoms with E-state index in [-0.39, 0.29) is 35.9 Å². The van der Waals surface area contributed by atoms with Crippen molar-refractivity contribution in [3.05, 3.63) is 22.4 Å². The minimum atomic E-state index is -0.376. The summed E-state index contributed by atoms with van der Waals surface area (Å²) in [6.07, 6.45) is 0.191. The van der Waals surface area contributed by atoms with Gasteiger partial charge in [0, 0.05) is 11.5 Å². The van der Waals surface area contributed by atoms with Crippen molar-refractivity contribution in [1.82, 2.24) is 10.6 Å². The number of carbonyl (C=O) groups is 2. The van der Waals surface area contributed by atoms with Crippen LogP contribution in [0.4, 0.5) is 0 Å². The molecule has 1 aliphatic carbocycles. The summed E-state index contributed by atoms with van der Waals surface area (Å²) in [5.74, 6) is -0.465. The number of aliphatic hydroxyl groups is 1. The van der Waals surface area contributed by atoms with Crippen molar-refractivity contribution in [2.45, 2.75) is 32.4 Å². The summed E-state index contributed by atoms with van der Waals surface area (Å²) in [5, 5.41) is 16.8. The van der Waals surface area contributed by atoms with Gasteiger partial charge in [-0.2, -0.15) is 0 Å². The monoisotopic (exact) mass is 282 g/mol. The van der Waals surface area contributed by atoms with Gasteiger partial charge in [-0.25, -0.2) is 0 Å². The Morgan fingerprint density at radius 3 is 2.79 bits per heavy atom. The molecule has 6 heteroatoms. The zero-order chi connectivity index (χ0) is 14.0. The summed E-state index contributed by atoms with van der Waals surface area (Å²) in [6.45, 7) is 3.78. The third-order valence-electron chi connectivity index (χ3n) is 3.71. The Hall–Kier alpha value is -1.40. The van der Waals surface area contributed by atoms with Crippen molar-refractivity contribution in [2.75, 3.05) is 6.54 Å². The quantitative estimate of drug-likeness (QED) is 0.762. The first-order chi connectivity index (χ1) is 8.91. The van der Waals surface area contributed by atoms with Gasteiger partial charge >= 0.3 is 0 Å². The second-order valence-electron chi connectivity index (χ2n) is 5.35. The minimum absolute atomic E-state index is 0.0337. The van der Waals surface area contributed by atoms with E-state index in [1.165, 1.54) is 11.3 Å². The molecule has 5 nitrogen and oxygen atoms in total. The van der Waals surface area contributed by atoms with Gasteiger partial charge in [-0.15, -0.1) is 11.3 Å². The summed E-state index contributed by atoms with van der Waals surface area (Å²) in [7, 11) is 0. The SMILES string of the molecule is CC1(C)C(O)CC1NC(=O)CNC(=O)c1cccs1. The Balaban J connectivity index is 1.75. The standard InChI is InChI=1S/C13H18N2O3S/c1-13(2)9(6-10(13)16)15-11(17)7-14-12(18)8-4-3-5-19-8/h3-5,9-10,16H,6-7H2,1-2H3,(H,14,18)(H,15,17). The number of thiophene rings is 1. The third-order valence-corrected chi connectivity index (χ3v) is 4.57. The molecule has 2 amide bonds. The maximum absolute atomic E-state index is 11.7. The Morgan fingerprint density at radius 2 is 2.26 bits per heavy atom. The Morgan fingerprint density at radius 1 is 1.53 bits per heavy atom. The molecule has 1 aliphatic rings. The van der Waals surface area contributed by atoms with Gasteiger partial charge in [-0.1, -0.05) is 19.9 Å². The van der Waals surface area contributed by atoms with Crippen molar-refractivity contribution in [3.8, 4) is 0 Å². The highest BCUT2D eigenvalue weighted by Gasteiger charge is 2.47. The number of hydrogen-bond acceptors (Lipinski definition) is 4. The van der Waals surface area contributed by atoms with E-state index in [4.69, 9.17) is 0 Å². The highest BCUT2D eigenvalue weighted by Crippen LogP contribution is 2.40. The molecule has 1 saturated carbocycles. The Kier molecular flexibility index (Phi) is 3.91. The molecule has 0 bridgehead atoms. The van der Waals surface area contributed by atoms with Crippen LogP contribution < -0.4 is 10.6 Å². The zero-order valence-electron chi connectivity index (χ0n) is 11.0. The molecule has 104 valence electrons. The zero-order valence-corrected chi connectivity index (χ0v) is 11.8. The second kappa shape index (κ2) is 5.30. The van der Waals surface area contributed by atoms with Crippen molar-refractivity contribution >= 4 is 23.2 Å². The van der Waals surface area contributed by atoms with Crippen LogP contribution in [-0.4, -0.2) is 35.6 Å². The van der Waals surface area contributed by atoms with Gasteiger partial charge in [-0.05, 0) is 17.9 Å². The molecule has 3 N–H and O–H groups in total. The lowest BCUT2D eigenvalue weighted by Gasteiger charge is -2.49. The van der Waals surface area contributed by atoms with Crippen molar-refractivity contribution in [1.29, 1.82) is 0 Å². The van der Waals surface area contributed by atoms with E-state index in [0.717, 1.165) is 0 Å². The molecular formula is C13H18N2O3S. The van der Waals surface area contributed by atoms with Gasteiger partial charge in [-0.3, -0.25) is 9.59 Å². The molecule has 1 aromatic heterocycles. The molecule has 1 fully saturated rings. The Labute approximate surface area is 116 Å². The molecule has 2 unspecified atom stereocenters. The number of aliphatic hydroxyl groups excluding tert-OH is 1. The highest BCUT2D eigenvalue weighted by molar-refractivity contribution is 7.12. The second-order valence-corrected chi connectivity index (χ2v) is 6.30. The number of hydrogen-bond donors (Lipinski definition) is 3. The van der Waals surface area contributed by atoms with Gasteiger partial charge in [0.1, 0.15) is 0 Å². The van der Waals surface area contributed by atoms with E-state index < -0.39 is 0 Å². The van der Waals surface area contributed by atoms with Crippen molar-refractivity contribution in [3.63, 3.8) is 0 Å². The third kappa shape index (κ3) is 2.96. The summed E-state index contributed by atoms with van der Waals surface area (Å²) < 4.78 is 0. The lowest BCUT2D eigenvalue weighted by molar-refractivity contribution is -0.128. The number of amides is 2. The van der Waals surface area contributed by atoms with Crippen molar-refractivity contribution < 1.29 is 14.7 Å². The highest BCUT2D eigenvalue weighted by atomic mass is 32.1. The van der Waals surface area contributed by atoms with Crippen LogP contribution in [0.25, 0.3) is 0 Å². The summed E-state index contributed by atoms with van der Waals surface area (Å²) >= 11 is 1.34. The molecule has 2 rings (SSSR count). The van der Waals surface area contributed by atoms with Crippen LogP contribution in [0, 0.1) is 5.41 Å². The van der Waals surface area contributed by atoms with E-state index in [1.54, 1.807) is 12.1 Å². The van der Waals surface area contributed by atoms with Crippen LogP contribution in [-0.2, 0) is 4.79 Å². The van der Waals surface area contributed by atoms with Crippen molar-refractivity contribution in [2.24, 2.45) is 5.41 Å². The number of carbonyl (C=O) groups excluding carboxylic acids is 2. The van der Waals surface area contributed by atoms with Crippen LogP contribution in [0.15, 0.2) is 17.5 Å². The van der Waals surface area contributed by atoms with Crippen LogP contribution in [0.5, 0.6) is 0 Å². The maximum atomic E-state index is 11.7. The predicted octanol–water partition coefficient (Wildman–Crippen LogP) is 0.754. The number of rotatable bonds is 4. The molecule has 0 radical (unpaired) electrons. The minimum Gasteiger partial charge on any atom is -0.392 e. The first-order valence-electron chi connectivity index (χ1n) is 6.20. The smallest absolute Gasteiger partial charge is 0.261 e. The molecule has 0 spiro atoms. The summed E-state index contributed by atoms with van der Waals surface area (Å²) in [5.41, 5.74) is -0.298. The van der Waals surface area contributed by atoms with E-state index in [0.29, 0.717) is 11.3 Å². The van der Waals surface area contributed by atoms with Crippen LogP contribution in [0.3, 0.4) is 0 Å². The van der Waals surface area contributed by atoms with Gasteiger partial charge < -0.3 is 15.7 Å². The molecule has 1 heterocycles. The molecule has 0 saturated heterocycles. The fourth-order valence-corrected chi connectivity index (χ4v) is 2.69. The van der Waals surface area contributed by atoms with Gasteiger partial charge in [0.15, 0.2) is 0 Å². The van der Waals surface area contributed by atoms with Crippen LogP contribution in [0.2, 0.25) is 0 Å². The van der Waals surface area contributed by atoms with E-state index in [9.17, 15) is 14.7 Å². The predicted molar refractivity (Wildman–Crippen MR) is 73.0 cm³/mol. The van der Waals surface area contributed by atoms with Gasteiger partial charge in [0.2, 0.25) is 5.91 Å². The number of nitrogens with one attached hydrogen (secondary N) is 2. The van der Waals surface area contributed by atoms with E-state index in [1.807, 2.05) is 19.2 Å². The topological polar surface area (TPSA) is 78.4 Å². The van der Waals surface area contributed by atoms with E-state index >= 15 is 0 Å². The fourth-order valence-electron chi connectivity index (χ4n) is 2.05. The van der Waals surface area contributed by atoms with Crippen LogP contribution >= 0.6 is 11.3 Å². The summed E-state index contributed by atoms with van der Waals surface area (Å²) in [4.78, 5) is 23.9. The normalized spacial score (nSPS) is 24.4. The fraction of sp³-hybridized carbons (Fsp3) is 0.538. The van der Waals surface area contributed by atoms with Crippen LogP contribution in [0.1, 0.15) is 29.9 Å². The first kappa shape index (κ1) is 14.0. The first-order valence-corrected chi connectivity index (χ1v) is 7.08. The molecule has 0 aromatic carbocycles. The molecule has 0 aliphatic heterocycles. The van der Waals surface area contributed by atoms with Gasteiger partial charge in [0.25, 0.3) is 5.91 Å². The molecule has 2 atom stereocenters. The largest absolute Gasteiger partial charge is 0.392 e.